The van der Waals surface area contributed by atoms with Gasteiger partial charge in [-0.2, -0.15) is 0 Å². The van der Waals surface area contributed by atoms with Gasteiger partial charge in [0.15, 0.2) is 6.10 Å². The fourth-order valence-electron chi connectivity index (χ4n) is 4.78. The Morgan fingerprint density at radius 2 is 1.02 bits per heavy atom. The first-order valence-corrected chi connectivity index (χ1v) is 20.9. The lowest BCUT2D eigenvalue weighted by Crippen LogP contribution is -2.29. The quantitative estimate of drug-likeness (QED) is 0.0282. The molecular formula is C41H70NO8P. The van der Waals surface area contributed by atoms with E-state index >= 15 is 0 Å². The van der Waals surface area contributed by atoms with Gasteiger partial charge in [0.05, 0.1) is 13.2 Å². The van der Waals surface area contributed by atoms with Gasteiger partial charge in [0.1, 0.15) is 6.61 Å². The number of carbonyl (C=O) groups is 2. The van der Waals surface area contributed by atoms with Gasteiger partial charge >= 0.3 is 19.8 Å². The largest absolute Gasteiger partial charge is 0.472 e. The molecule has 292 valence electrons. The van der Waals surface area contributed by atoms with Gasteiger partial charge in [-0.05, 0) is 77.0 Å². The Morgan fingerprint density at radius 3 is 1.51 bits per heavy atom. The molecule has 0 aliphatic carbocycles. The van der Waals surface area contributed by atoms with Crippen LogP contribution in [0.4, 0.5) is 0 Å². The number of nitrogens with two attached hydrogens (primary N) is 1. The zero-order valence-corrected chi connectivity index (χ0v) is 32.7. The SMILES string of the molecule is CCC=CCC=CCC=CCCCCCCCC(=O)OC[C@H](COP(=O)(O)OCCN)OC(=O)CCCCCCCC=CCC=CCC=CCC. The van der Waals surface area contributed by atoms with Crippen LogP contribution in [0.3, 0.4) is 0 Å². The van der Waals surface area contributed by atoms with Crippen molar-refractivity contribution in [2.24, 2.45) is 5.73 Å². The third-order valence-electron chi connectivity index (χ3n) is 7.59. The number of ether oxygens (including phenoxy) is 2. The van der Waals surface area contributed by atoms with Crippen LogP contribution < -0.4 is 5.73 Å². The Morgan fingerprint density at radius 1 is 0.588 bits per heavy atom. The lowest BCUT2D eigenvalue weighted by Gasteiger charge is -2.19. The van der Waals surface area contributed by atoms with Crippen LogP contribution in [0.2, 0.25) is 0 Å². The van der Waals surface area contributed by atoms with Crippen LogP contribution >= 0.6 is 7.82 Å². The third-order valence-corrected chi connectivity index (χ3v) is 8.57. The molecule has 0 aromatic carbocycles. The molecule has 9 nitrogen and oxygen atoms in total. The minimum Gasteiger partial charge on any atom is -0.462 e. The molecule has 0 fully saturated rings. The average molecular weight is 736 g/mol. The topological polar surface area (TPSA) is 134 Å². The maximum atomic E-state index is 12.5. The molecule has 3 N–H and O–H groups in total. The van der Waals surface area contributed by atoms with Crippen molar-refractivity contribution in [2.45, 2.75) is 148 Å². The minimum absolute atomic E-state index is 0.0438. The van der Waals surface area contributed by atoms with Crippen LogP contribution in [0.25, 0.3) is 0 Å². The van der Waals surface area contributed by atoms with Crippen molar-refractivity contribution < 1.29 is 37.6 Å². The fraction of sp³-hybridized carbons (Fsp3) is 0.659. The summed E-state index contributed by atoms with van der Waals surface area (Å²) in [5, 5.41) is 0. The summed E-state index contributed by atoms with van der Waals surface area (Å²) in [5.74, 6) is -0.877. The van der Waals surface area contributed by atoms with E-state index in [0.29, 0.717) is 12.8 Å². The van der Waals surface area contributed by atoms with E-state index in [0.717, 1.165) is 103 Å². The molecule has 1 unspecified atom stereocenters. The van der Waals surface area contributed by atoms with Crippen molar-refractivity contribution in [3.05, 3.63) is 72.9 Å². The minimum atomic E-state index is -4.39. The molecule has 0 aliphatic rings. The van der Waals surface area contributed by atoms with Gasteiger partial charge < -0.3 is 20.1 Å². The highest BCUT2D eigenvalue weighted by Crippen LogP contribution is 2.43. The van der Waals surface area contributed by atoms with E-state index in [1.54, 1.807) is 0 Å². The first-order chi connectivity index (χ1) is 24.8. The Bertz CT molecular complexity index is 1070. The van der Waals surface area contributed by atoms with Crippen LogP contribution in [-0.4, -0.2) is 49.3 Å². The number of phosphoric ester groups is 1. The smallest absolute Gasteiger partial charge is 0.462 e. The van der Waals surface area contributed by atoms with Gasteiger partial charge in [0, 0.05) is 19.4 Å². The Kier molecular flexibility index (Phi) is 35.4. The normalized spacial score (nSPS) is 14.2. The van der Waals surface area contributed by atoms with Gasteiger partial charge in [-0.3, -0.25) is 18.6 Å². The van der Waals surface area contributed by atoms with Crippen molar-refractivity contribution in [3.8, 4) is 0 Å². The molecular weight excluding hydrogens is 665 g/mol. The second-order valence-corrected chi connectivity index (χ2v) is 13.8. The highest BCUT2D eigenvalue weighted by atomic mass is 31.2. The molecule has 0 aliphatic heterocycles. The number of esters is 2. The molecule has 51 heavy (non-hydrogen) atoms. The second-order valence-electron chi connectivity index (χ2n) is 12.4. The van der Waals surface area contributed by atoms with Crippen molar-refractivity contribution in [1.82, 2.24) is 0 Å². The van der Waals surface area contributed by atoms with Crippen molar-refractivity contribution in [3.63, 3.8) is 0 Å². The summed E-state index contributed by atoms with van der Waals surface area (Å²) in [6.07, 6.45) is 43.6. The van der Waals surface area contributed by atoms with E-state index in [1.165, 1.54) is 0 Å². The first-order valence-electron chi connectivity index (χ1n) is 19.4. The zero-order chi connectivity index (χ0) is 37.5. The summed E-state index contributed by atoms with van der Waals surface area (Å²) in [5.41, 5.74) is 5.33. The average Bonchev–Trinajstić information content (AvgIpc) is 3.11. The Labute approximate surface area is 310 Å². The van der Waals surface area contributed by atoms with Crippen LogP contribution in [0.5, 0.6) is 0 Å². The monoisotopic (exact) mass is 735 g/mol. The lowest BCUT2D eigenvalue weighted by molar-refractivity contribution is -0.161. The molecule has 0 amide bonds. The maximum Gasteiger partial charge on any atom is 0.472 e. The van der Waals surface area contributed by atoms with Crippen molar-refractivity contribution >= 4 is 19.8 Å². The lowest BCUT2D eigenvalue weighted by atomic mass is 10.1. The predicted molar refractivity (Wildman–Crippen MR) is 210 cm³/mol. The Balaban J connectivity index is 4.29. The Hall–Kier alpha value is -2.55. The number of hydrogen-bond donors (Lipinski definition) is 2. The van der Waals surface area contributed by atoms with E-state index in [-0.39, 0.29) is 32.6 Å². The van der Waals surface area contributed by atoms with E-state index in [9.17, 15) is 19.0 Å². The van der Waals surface area contributed by atoms with E-state index in [2.05, 4.69) is 86.8 Å². The molecule has 0 bridgehead atoms. The third kappa shape index (κ3) is 37.0. The standard InChI is InChI=1S/C41H70NO8P/c1-3-5-7-9-11-13-15-17-19-21-23-25-27-29-31-33-40(43)47-37-39(38-49-51(45,46)48-36-35-42)50-41(44)34-32-30-28-26-24-22-20-18-16-14-12-10-8-6-4-2/h5-8,11-14,17-20,39H,3-4,9-10,15-16,21-38,42H2,1-2H3,(H,45,46)/t39-/m1/s1. The number of unbranched alkanes of at least 4 members (excludes halogenated alkanes) is 10. The summed E-state index contributed by atoms with van der Waals surface area (Å²) in [4.78, 5) is 34.7. The molecule has 0 spiro atoms. The number of carbonyl (C=O) groups excluding carboxylic acids is 2. The van der Waals surface area contributed by atoms with Gasteiger partial charge in [-0.1, -0.05) is 125 Å². The zero-order valence-electron chi connectivity index (χ0n) is 31.8. The van der Waals surface area contributed by atoms with E-state index in [1.807, 2.05) is 0 Å². The molecule has 0 radical (unpaired) electrons. The summed E-state index contributed by atoms with van der Waals surface area (Å²) in [7, 11) is -4.39. The van der Waals surface area contributed by atoms with Gasteiger partial charge in [-0.25, -0.2) is 4.57 Å². The van der Waals surface area contributed by atoms with Crippen LogP contribution in [0.1, 0.15) is 142 Å². The molecule has 0 saturated carbocycles. The summed E-state index contributed by atoms with van der Waals surface area (Å²) in [6.45, 7) is 3.44. The van der Waals surface area contributed by atoms with E-state index < -0.39 is 32.5 Å². The fourth-order valence-corrected chi connectivity index (χ4v) is 5.54. The second kappa shape index (κ2) is 37.2. The number of phosphoric acid groups is 1. The van der Waals surface area contributed by atoms with Gasteiger partial charge in [-0.15, -0.1) is 0 Å². The van der Waals surface area contributed by atoms with Crippen LogP contribution in [0.15, 0.2) is 72.9 Å². The van der Waals surface area contributed by atoms with Crippen LogP contribution in [-0.2, 0) is 32.7 Å². The van der Waals surface area contributed by atoms with Crippen molar-refractivity contribution in [2.75, 3.05) is 26.4 Å². The molecule has 0 aromatic rings. The number of rotatable bonds is 35. The molecule has 0 saturated heterocycles. The van der Waals surface area contributed by atoms with E-state index in [4.69, 9.17) is 24.3 Å². The maximum absolute atomic E-state index is 12.5. The number of hydrogen-bond acceptors (Lipinski definition) is 8. The molecule has 0 rings (SSSR count). The molecule has 0 aromatic heterocycles. The first kappa shape index (κ1) is 48.5. The summed E-state index contributed by atoms with van der Waals surface area (Å²) >= 11 is 0. The van der Waals surface area contributed by atoms with Crippen LogP contribution in [0, 0.1) is 0 Å². The molecule has 0 heterocycles. The summed E-state index contributed by atoms with van der Waals surface area (Å²) < 4.78 is 32.6. The highest BCUT2D eigenvalue weighted by molar-refractivity contribution is 7.47. The summed E-state index contributed by atoms with van der Waals surface area (Å²) in [6, 6.07) is 0. The predicted octanol–water partition coefficient (Wildman–Crippen LogP) is 10.7. The molecule has 2 atom stereocenters. The molecule has 10 heteroatoms. The van der Waals surface area contributed by atoms with Gasteiger partial charge in [0.2, 0.25) is 0 Å². The highest BCUT2D eigenvalue weighted by Gasteiger charge is 2.25. The van der Waals surface area contributed by atoms with Crippen molar-refractivity contribution in [1.29, 1.82) is 0 Å². The number of allylic oxidation sites excluding steroid dienone is 12. The van der Waals surface area contributed by atoms with Gasteiger partial charge in [0.25, 0.3) is 0 Å².